The van der Waals surface area contributed by atoms with Gasteiger partial charge in [-0.15, -0.1) is 0 Å². The summed E-state index contributed by atoms with van der Waals surface area (Å²) < 4.78 is 0. The fourth-order valence-electron chi connectivity index (χ4n) is 1.45. The molecular formula is C13H20N4O2. The minimum atomic E-state index is -0.542. The largest absolute Gasteiger partial charge is 0.369 e. The first kappa shape index (κ1) is 14.9. The van der Waals surface area contributed by atoms with Gasteiger partial charge in [0, 0.05) is 25.7 Å². The zero-order valence-electron chi connectivity index (χ0n) is 11.3. The second kappa shape index (κ2) is 7.35. The van der Waals surface area contributed by atoms with Crippen LogP contribution in [0.4, 0.5) is 5.82 Å². The molecule has 0 spiro atoms. The molecule has 0 saturated heterocycles. The smallest absolute Gasteiger partial charge is 0.252 e. The molecule has 1 aromatic rings. The normalized spacial score (nSPS) is 10.3. The Bertz CT molecular complexity index is 446. The van der Waals surface area contributed by atoms with Crippen LogP contribution in [0, 0.1) is 5.92 Å². The number of amides is 2. The van der Waals surface area contributed by atoms with Crippen molar-refractivity contribution in [3.8, 4) is 0 Å². The van der Waals surface area contributed by atoms with Gasteiger partial charge < -0.3 is 16.4 Å². The highest BCUT2D eigenvalue weighted by molar-refractivity contribution is 5.97. The molecule has 6 heteroatoms. The summed E-state index contributed by atoms with van der Waals surface area (Å²) in [5.41, 5.74) is 5.55. The maximum atomic E-state index is 11.5. The average molecular weight is 264 g/mol. The monoisotopic (exact) mass is 264 g/mol. The lowest BCUT2D eigenvalue weighted by Gasteiger charge is -2.10. The van der Waals surface area contributed by atoms with Crippen molar-refractivity contribution in [3.63, 3.8) is 0 Å². The van der Waals surface area contributed by atoms with E-state index in [-0.39, 0.29) is 5.91 Å². The van der Waals surface area contributed by atoms with Crippen LogP contribution in [-0.2, 0) is 4.79 Å². The molecule has 0 saturated carbocycles. The van der Waals surface area contributed by atoms with Crippen LogP contribution >= 0.6 is 0 Å². The Kier molecular flexibility index (Phi) is 5.78. The molecule has 1 aromatic heterocycles. The second-order valence-corrected chi connectivity index (χ2v) is 4.64. The summed E-state index contributed by atoms with van der Waals surface area (Å²) in [6.07, 6.45) is 1.88. The topological polar surface area (TPSA) is 97.1 Å². The van der Waals surface area contributed by atoms with Crippen LogP contribution in [0.2, 0.25) is 0 Å². The van der Waals surface area contributed by atoms with Crippen LogP contribution < -0.4 is 16.4 Å². The molecule has 4 N–H and O–H groups in total. The predicted octanol–water partition coefficient (Wildman–Crippen LogP) is 0.755. The lowest BCUT2D eigenvalue weighted by molar-refractivity contribution is -0.120. The quantitative estimate of drug-likeness (QED) is 0.677. The SMILES string of the molecule is CC(C)CNC(=O)CCNc1ncccc1C(N)=O. The zero-order chi connectivity index (χ0) is 14.3. The van der Waals surface area contributed by atoms with E-state index < -0.39 is 5.91 Å². The first-order valence-electron chi connectivity index (χ1n) is 6.26. The number of hydrogen-bond acceptors (Lipinski definition) is 4. The third kappa shape index (κ3) is 5.37. The van der Waals surface area contributed by atoms with Gasteiger partial charge in [0.05, 0.1) is 5.56 Å². The van der Waals surface area contributed by atoms with Crippen molar-refractivity contribution in [1.82, 2.24) is 10.3 Å². The summed E-state index contributed by atoms with van der Waals surface area (Å²) >= 11 is 0. The van der Waals surface area contributed by atoms with Gasteiger partial charge in [0.15, 0.2) is 0 Å². The Hall–Kier alpha value is -2.11. The number of carbonyl (C=O) groups excluding carboxylic acids is 2. The van der Waals surface area contributed by atoms with Gasteiger partial charge in [-0.05, 0) is 18.1 Å². The molecule has 0 atom stereocenters. The maximum absolute atomic E-state index is 11.5. The summed E-state index contributed by atoms with van der Waals surface area (Å²) in [7, 11) is 0. The van der Waals surface area contributed by atoms with Crippen LogP contribution in [0.5, 0.6) is 0 Å². The highest BCUT2D eigenvalue weighted by atomic mass is 16.2. The third-order valence-electron chi connectivity index (χ3n) is 2.43. The number of primary amides is 1. The van der Waals surface area contributed by atoms with Crippen LogP contribution in [0.3, 0.4) is 0 Å². The fraction of sp³-hybridized carbons (Fsp3) is 0.462. The van der Waals surface area contributed by atoms with Crippen molar-refractivity contribution >= 4 is 17.6 Å². The van der Waals surface area contributed by atoms with Crippen molar-refractivity contribution in [2.75, 3.05) is 18.4 Å². The van der Waals surface area contributed by atoms with E-state index in [1.54, 1.807) is 18.3 Å². The number of carbonyl (C=O) groups is 2. The third-order valence-corrected chi connectivity index (χ3v) is 2.43. The second-order valence-electron chi connectivity index (χ2n) is 4.64. The molecule has 1 rings (SSSR count). The van der Waals surface area contributed by atoms with E-state index >= 15 is 0 Å². The summed E-state index contributed by atoms with van der Waals surface area (Å²) in [4.78, 5) is 26.7. The number of hydrogen-bond donors (Lipinski definition) is 3. The number of nitrogens with one attached hydrogen (secondary N) is 2. The van der Waals surface area contributed by atoms with Gasteiger partial charge in [-0.25, -0.2) is 4.98 Å². The molecule has 0 aliphatic carbocycles. The molecule has 0 aromatic carbocycles. The van der Waals surface area contributed by atoms with Crippen molar-refractivity contribution in [2.24, 2.45) is 11.7 Å². The van der Waals surface area contributed by atoms with Crippen LogP contribution in [0.25, 0.3) is 0 Å². The molecule has 1 heterocycles. The molecular weight excluding hydrogens is 244 g/mol. The van der Waals surface area contributed by atoms with E-state index in [1.807, 2.05) is 13.8 Å². The van der Waals surface area contributed by atoms with Gasteiger partial charge in [-0.2, -0.15) is 0 Å². The van der Waals surface area contributed by atoms with E-state index in [4.69, 9.17) is 5.73 Å². The molecule has 0 radical (unpaired) electrons. The Morgan fingerprint density at radius 3 is 2.79 bits per heavy atom. The number of rotatable bonds is 7. The van der Waals surface area contributed by atoms with Crippen LogP contribution in [-0.4, -0.2) is 29.9 Å². The lowest BCUT2D eigenvalue weighted by Crippen LogP contribution is -2.29. The summed E-state index contributed by atoms with van der Waals surface area (Å²) in [6, 6.07) is 3.23. The molecule has 2 amide bonds. The van der Waals surface area contributed by atoms with E-state index in [2.05, 4.69) is 15.6 Å². The summed E-state index contributed by atoms with van der Waals surface area (Å²) in [5.74, 6) is 0.262. The molecule has 104 valence electrons. The Morgan fingerprint density at radius 2 is 2.16 bits per heavy atom. The van der Waals surface area contributed by atoms with Gasteiger partial charge in [-0.1, -0.05) is 13.8 Å². The Morgan fingerprint density at radius 1 is 1.42 bits per heavy atom. The zero-order valence-corrected chi connectivity index (χ0v) is 11.3. The van der Waals surface area contributed by atoms with Crippen molar-refractivity contribution in [1.29, 1.82) is 0 Å². The van der Waals surface area contributed by atoms with E-state index in [0.717, 1.165) is 0 Å². The standard InChI is InChI=1S/C13H20N4O2/c1-9(2)8-17-11(18)5-7-16-13-10(12(14)19)4-3-6-15-13/h3-4,6,9H,5,7-8H2,1-2H3,(H2,14,19)(H,15,16)(H,17,18). The van der Waals surface area contributed by atoms with E-state index in [9.17, 15) is 9.59 Å². The average Bonchev–Trinajstić information content (AvgIpc) is 2.36. The molecule has 0 aliphatic rings. The van der Waals surface area contributed by atoms with Crippen molar-refractivity contribution < 1.29 is 9.59 Å². The summed E-state index contributed by atoms with van der Waals surface area (Å²) in [5, 5.41) is 5.76. The number of nitrogens with two attached hydrogens (primary N) is 1. The molecule has 0 bridgehead atoms. The first-order chi connectivity index (χ1) is 9.00. The highest BCUT2D eigenvalue weighted by Gasteiger charge is 2.08. The Labute approximate surface area is 112 Å². The van der Waals surface area contributed by atoms with Crippen LogP contribution in [0.1, 0.15) is 30.6 Å². The van der Waals surface area contributed by atoms with E-state index in [1.165, 1.54) is 0 Å². The number of nitrogens with zero attached hydrogens (tertiary/aromatic N) is 1. The minimum Gasteiger partial charge on any atom is -0.369 e. The number of pyridine rings is 1. The Balaban J connectivity index is 2.41. The number of anilines is 1. The molecule has 19 heavy (non-hydrogen) atoms. The van der Waals surface area contributed by atoms with Crippen molar-refractivity contribution in [3.05, 3.63) is 23.9 Å². The molecule has 6 nitrogen and oxygen atoms in total. The highest BCUT2D eigenvalue weighted by Crippen LogP contribution is 2.09. The molecule has 0 fully saturated rings. The summed E-state index contributed by atoms with van der Waals surface area (Å²) in [6.45, 7) is 5.13. The van der Waals surface area contributed by atoms with Gasteiger partial charge in [0.1, 0.15) is 5.82 Å². The minimum absolute atomic E-state index is 0.0299. The number of aromatic nitrogens is 1. The van der Waals surface area contributed by atoms with Gasteiger partial charge in [0.2, 0.25) is 5.91 Å². The van der Waals surface area contributed by atoms with E-state index in [0.29, 0.717) is 36.8 Å². The lowest BCUT2D eigenvalue weighted by atomic mass is 10.2. The van der Waals surface area contributed by atoms with Crippen molar-refractivity contribution in [2.45, 2.75) is 20.3 Å². The predicted molar refractivity (Wildman–Crippen MR) is 73.7 cm³/mol. The van der Waals surface area contributed by atoms with Crippen LogP contribution in [0.15, 0.2) is 18.3 Å². The maximum Gasteiger partial charge on any atom is 0.252 e. The first-order valence-corrected chi connectivity index (χ1v) is 6.26. The van der Waals surface area contributed by atoms with Gasteiger partial charge in [-0.3, -0.25) is 9.59 Å². The molecule has 0 aliphatic heterocycles. The fourth-order valence-corrected chi connectivity index (χ4v) is 1.45. The molecule has 0 unspecified atom stereocenters. The van der Waals surface area contributed by atoms with Gasteiger partial charge in [0.25, 0.3) is 5.91 Å². The van der Waals surface area contributed by atoms with Gasteiger partial charge >= 0.3 is 0 Å².